The topological polar surface area (TPSA) is 179 Å². The van der Waals surface area contributed by atoms with E-state index in [4.69, 9.17) is 10.9 Å². The van der Waals surface area contributed by atoms with E-state index in [0.29, 0.717) is 30.1 Å². The number of carbonyl (C=O) groups is 2. The zero-order chi connectivity index (χ0) is 25.7. The lowest BCUT2D eigenvalue weighted by Crippen LogP contribution is -2.63. The molecule has 11 nitrogen and oxygen atoms in total. The number of carboxylic acid groups (broad SMARTS) is 1. The number of benzene rings is 1. The SMILES string of the molecule is C[C@@H](O)[C@H]1C(=O)N2C(C(=O)O)=C(S[C@H]3C[C@@H](CNS(N)(=O)=O)N(Cc4cccc(N)c4)C3)[C@H](C)[C@H]12. The molecule has 0 spiro atoms. The highest BCUT2D eigenvalue weighted by atomic mass is 32.2. The molecule has 3 aliphatic rings. The van der Waals surface area contributed by atoms with E-state index in [1.165, 1.54) is 16.7 Å². The van der Waals surface area contributed by atoms with Crippen molar-refractivity contribution in [3.63, 3.8) is 0 Å². The van der Waals surface area contributed by atoms with E-state index in [2.05, 4.69) is 9.62 Å². The molecule has 0 radical (unpaired) electrons. The van der Waals surface area contributed by atoms with E-state index in [1.54, 1.807) is 13.0 Å². The third kappa shape index (κ3) is 5.20. The van der Waals surface area contributed by atoms with Gasteiger partial charge in [0.05, 0.1) is 18.1 Å². The molecule has 0 aliphatic carbocycles. The van der Waals surface area contributed by atoms with Crippen molar-refractivity contribution in [1.82, 2.24) is 14.5 Å². The van der Waals surface area contributed by atoms with Crippen LogP contribution in [0.5, 0.6) is 0 Å². The first-order valence-electron chi connectivity index (χ1n) is 11.4. The summed E-state index contributed by atoms with van der Waals surface area (Å²) < 4.78 is 25.4. The molecule has 2 fully saturated rings. The first-order chi connectivity index (χ1) is 16.4. The Morgan fingerprint density at radius 3 is 2.69 bits per heavy atom. The van der Waals surface area contributed by atoms with Crippen molar-refractivity contribution in [1.29, 1.82) is 0 Å². The van der Waals surface area contributed by atoms with Crippen LogP contribution in [0.2, 0.25) is 0 Å². The Bertz CT molecular complexity index is 1160. The van der Waals surface area contributed by atoms with Crippen molar-refractivity contribution in [3.8, 4) is 0 Å². The first kappa shape index (κ1) is 25.9. The smallest absolute Gasteiger partial charge is 0.353 e. The number of carbonyl (C=O) groups excluding carboxylic acids is 1. The summed E-state index contributed by atoms with van der Waals surface area (Å²) in [6.45, 7) is 4.68. The maximum atomic E-state index is 12.6. The predicted molar refractivity (Wildman–Crippen MR) is 132 cm³/mol. The summed E-state index contributed by atoms with van der Waals surface area (Å²) in [7, 11) is -3.87. The molecule has 1 aromatic carbocycles. The molecule has 0 saturated carbocycles. The number of fused-ring (bicyclic) bond motifs is 1. The number of likely N-dealkylation sites (tertiary alicyclic amines) is 1. The van der Waals surface area contributed by atoms with E-state index in [9.17, 15) is 28.2 Å². The lowest BCUT2D eigenvalue weighted by molar-refractivity contribution is -0.163. The number of hydrogen-bond acceptors (Lipinski definition) is 8. The second kappa shape index (κ2) is 9.71. The molecular weight excluding hydrogens is 494 g/mol. The number of nitrogen functional groups attached to an aromatic ring is 1. The lowest BCUT2D eigenvalue weighted by atomic mass is 9.79. The maximum Gasteiger partial charge on any atom is 0.353 e. The number of amides is 1. The van der Waals surface area contributed by atoms with Crippen LogP contribution in [0.25, 0.3) is 0 Å². The van der Waals surface area contributed by atoms with E-state index in [-0.39, 0.29) is 41.4 Å². The van der Waals surface area contributed by atoms with Crippen molar-refractivity contribution in [3.05, 3.63) is 40.4 Å². The van der Waals surface area contributed by atoms with E-state index < -0.39 is 28.2 Å². The Kier molecular flexibility index (Phi) is 7.19. The van der Waals surface area contributed by atoms with Crippen LogP contribution >= 0.6 is 11.8 Å². The average molecular weight is 526 g/mol. The van der Waals surface area contributed by atoms with Gasteiger partial charge in [0, 0.05) is 47.4 Å². The van der Waals surface area contributed by atoms with Gasteiger partial charge in [-0.3, -0.25) is 9.69 Å². The molecule has 1 aromatic rings. The van der Waals surface area contributed by atoms with Crippen molar-refractivity contribution >= 4 is 39.5 Å². The van der Waals surface area contributed by atoms with Crippen LogP contribution in [0.15, 0.2) is 34.9 Å². The van der Waals surface area contributed by atoms with Crippen LogP contribution in [0.3, 0.4) is 0 Å². The summed E-state index contributed by atoms with van der Waals surface area (Å²) in [5, 5.41) is 25.1. The molecule has 13 heteroatoms. The summed E-state index contributed by atoms with van der Waals surface area (Å²) in [6.07, 6.45) is -0.267. The number of thioether (sulfide) groups is 1. The summed E-state index contributed by atoms with van der Waals surface area (Å²) in [4.78, 5) is 28.8. The second-order valence-electron chi connectivity index (χ2n) is 9.47. The Labute approximate surface area is 208 Å². The van der Waals surface area contributed by atoms with Gasteiger partial charge in [-0.15, -0.1) is 11.8 Å². The van der Waals surface area contributed by atoms with Gasteiger partial charge in [-0.25, -0.2) is 14.7 Å². The molecule has 1 amide bonds. The van der Waals surface area contributed by atoms with Crippen molar-refractivity contribution in [2.45, 2.75) is 50.3 Å². The molecule has 2 saturated heterocycles. The molecule has 0 bridgehead atoms. The van der Waals surface area contributed by atoms with Crippen LogP contribution in [0.4, 0.5) is 5.69 Å². The fraction of sp³-hybridized carbons (Fsp3) is 0.545. The zero-order valence-corrected chi connectivity index (χ0v) is 21.1. The number of rotatable bonds is 9. The van der Waals surface area contributed by atoms with Gasteiger partial charge in [-0.2, -0.15) is 8.42 Å². The molecule has 6 atom stereocenters. The minimum Gasteiger partial charge on any atom is -0.477 e. The number of aliphatic hydroxyl groups is 1. The normalized spacial score (nSPS) is 29.9. The quantitative estimate of drug-likeness (QED) is 0.217. The van der Waals surface area contributed by atoms with Crippen molar-refractivity contribution in [2.24, 2.45) is 17.0 Å². The Balaban J connectivity index is 1.55. The third-order valence-corrected chi connectivity index (χ3v) is 9.01. The maximum absolute atomic E-state index is 12.6. The van der Waals surface area contributed by atoms with Gasteiger partial charge in [-0.05, 0) is 31.0 Å². The highest BCUT2D eigenvalue weighted by Crippen LogP contribution is 2.52. The summed E-state index contributed by atoms with van der Waals surface area (Å²) >= 11 is 1.43. The van der Waals surface area contributed by atoms with Gasteiger partial charge in [0.2, 0.25) is 5.91 Å². The molecule has 192 valence electrons. The van der Waals surface area contributed by atoms with Crippen LogP contribution in [-0.4, -0.2) is 76.8 Å². The van der Waals surface area contributed by atoms with Gasteiger partial charge in [0.15, 0.2) is 0 Å². The summed E-state index contributed by atoms with van der Waals surface area (Å²) in [5.41, 5.74) is 7.51. The van der Waals surface area contributed by atoms with Gasteiger partial charge in [-0.1, -0.05) is 19.1 Å². The third-order valence-electron chi connectivity index (χ3n) is 6.95. The van der Waals surface area contributed by atoms with E-state index >= 15 is 0 Å². The van der Waals surface area contributed by atoms with E-state index in [0.717, 1.165) is 5.56 Å². The highest BCUT2D eigenvalue weighted by molar-refractivity contribution is 8.03. The van der Waals surface area contributed by atoms with Crippen molar-refractivity contribution < 1.29 is 28.2 Å². The molecule has 0 unspecified atom stereocenters. The number of nitrogens with two attached hydrogens (primary N) is 2. The van der Waals surface area contributed by atoms with Gasteiger partial charge in [0.25, 0.3) is 10.2 Å². The van der Waals surface area contributed by atoms with Gasteiger partial charge in [0.1, 0.15) is 5.70 Å². The monoisotopic (exact) mass is 525 g/mol. The Hall–Kier alpha value is -2.16. The zero-order valence-electron chi connectivity index (χ0n) is 19.5. The fourth-order valence-electron chi connectivity index (χ4n) is 5.43. The molecule has 0 aromatic heterocycles. The minimum atomic E-state index is -3.87. The number of nitrogens with one attached hydrogen (secondary N) is 1. The Morgan fingerprint density at radius 1 is 1.37 bits per heavy atom. The number of β-lactam (4-membered cyclic amide) rings is 1. The van der Waals surface area contributed by atoms with Gasteiger partial charge >= 0.3 is 5.97 Å². The minimum absolute atomic E-state index is 0.0112. The van der Waals surface area contributed by atoms with Crippen LogP contribution < -0.4 is 15.6 Å². The van der Waals surface area contributed by atoms with E-state index in [1.807, 2.05) is 25.1 Å². The first-order valence-corrected chi connectivity index (χ1v) is 13.8. The van der Waals surface area contributed by atoms with Gasteiger partial charge < -0.3 is 20.8 Å². The summed E-state index contributed by atoms with van der Waals surface area (Å²) in [5.74, 6) is -2.38. The molecule has 4 rings (SSSR count). The van der Waals surface area contributed by atoms with Crippen LogP contribution in [0.1, 0.15) is 25.8 Å². The number of nitrogens with zero attached hydrogens (tertiary/aromatic N) is 2. The molecular formula is C22H31N5O6S2. The number of aliphatic carboxylic acids is 1. The fourth-order valence-corrected chi connectivity index (χ4v) is 7.45. The second-order valence-corrected chi connectivity index (χ2v) is 12.2. The average Bonchev–Trinajstić information content (AvgIpc) is 3.22. The standard InChI is InChI=1S/C22H31N5O6S2/c1-11-18-17(12(2)28)21(29)27(18)19(22(30)31)20(11)34-16-7-15(8-25-35(24,32)33)26(10-16)9-13-4-3-5-14(23)6-13/h3-6,11-12,15-18,25,28H,7-10,23H2,1-2H3,(H,30,31)(H2,24,32,33)/t11-,12-,15+,16+,17-,18-/m1/s1. The largest absolute Gasteiger partial charge is 0.477 e. The molecule has 35 heavy (non-hydrogen) atoms. The predicted octanol–water partition coefficient (Wildman–Crippen LogP) is -0.108. The number of aliphatic hydroxyl groups excluding tert-OH is 1. The Morgan fingerprint density at radius 2 is 2.09 bits per heavy atom. The molecule has 7 N–H and O–H groups in total. The van der Waals surface area contributed by atoms with Crippen LogP contribution in [0, 0.1) is 11.8 Å². The lowest BCUT2D eigenvalue weighted by Gasteiger charge is -2.46. The highest BCUT2D eigenvalue weighted by Gasteiger charge is 2.60. The molecule has 3 aliphatic heterocycles. The number of hydrogen-bond donors (Lipinski definition) is 5. The summed E-state index contributed by atoms with van der Waals surface area (Å²) in [6, 6.07) is 6.91. The number of anilines is 1. The molecule has 3 heterocycles. The van der Waals surface area contributed by atoms with Crippen molar-refractivity contribution in [2.75, 3.05) is 18.8 Å². The number of carboxylic acids is 1. The van der Waals surface area contributed by atoms with Crippen LogP contribution in [-0.2, 0) is 26.3 Å².